The predicted molar refractivity (Wildman–Crippen MR) is 113 cm³/mol. The number of ether oxygens (including phenoxy) is 2. The molecule has 0 radical (unpaired) electrons. The highest BCUT2D eigenvalue weighted by Gasteiger charge is 2.20. The Balaban J connectivity index is 1.82. The molecule has 2 aromatic rings. The number of amides is 2. The number of rotatable bonds is 7. The molecule has 0 aromatic heterocycles. The number of hydrazine groups is 1. The van der Waals surface area contributed by atoms with E-state index in [4.69, 9.17) is 32.7 Å². The van der Waals surface area contributed by atoms with E-state index in [0.29, 0.717) is 22.4 Å². The fourth-order valence-corrected chi connectivity index (χ4v) is 2.78. The number of carbonyl (C=O) groups excluding carboxylic acids is 2. The molecular formula is C21H24Cl2N2O4. The summed E-state index contributed by atoms with van der Waals surface area (Å²) >= 11 is 11.9. The predicted octanol–water partition coefficient (Wildman–Crippen LogP) is 4.50. The minimum atomic E-state index is -0.895. The summed E-state index contributed by atoms with van der Waals surface area (Å²) in [5, 5.41) is 0.742. The van der Waals surface area contributed by atoms with Gasteiger partial charge in [-0.15, -0.1) is 0 Å². The quantitative estimate of drug-likeness (QED) is 0.623. The Morgan fingerprint density at radius 3 is 1.90 bits per heavy atom. The van der Waals surface area contributed by atoms with Gasteiger partial charge >= 0.3 is 0 Å². The fraction of sp³-hybridized carbons (Fsp3) is 0.333. The Morgan fingerprint density at radius 1 is 0.828 bits per heavy atom. The van der Waals surface area contributed by atoms with E-state index < -0.39 is 24.0 Å². The lowest BCUT2D eigenvalue weighted by Crippen LogP contribution is -2.50. The maximum Gasteiger partial charge on any atom is 0.279 e. The van der Waals surface area contributed by atoms with Crippen molar-refractivity contribution in [1.82, 2.24) is 10.9 Å². The lowest BCUT2D eigenvalue weighted by atomic mass is 10.0. The van der Waals surface area contributed by atoms with Gasteiger partial charge in [-0.1, -0.05) is 49.2 Å². The molecule has 0 saturated carbocycles. The third-order valence-corrected chi connectivity index (χ3v) is 4.64. The standard InChI is InChI=1S/C21H24Cl2N2O4/c1-12(2)15-5-8-17(9-6-15)28-13(3)20(26)24-25-21(27)14(4)29-19-10-7-16(22)11-18(19)23/h5-14H,1-4H3,(H,24,26)(H,25,27). The average Bonchev–Trinajstić information content (AvgIpc) is 2.68. The molecule has 29 heavy (non-hydrogen) atoms. The highest BCUT2D eigenvalue weighted by Crippen LogP contribution is 2.28. The van der Waals surface area contributed by atoms with E-state index in [2.05, 4.69) is 24.7 Å². The van der Waals surface area contributed by atoms with E-state index in [0.717, 1.165) is 0 Å². The summed E-state index contributed by atoms with van der Waals surface area (Å²) in [7, 11) is 0. The maximum absolute atomic E-state index is 12.2. The van der Waals surface area contributed by atoms with Crippen LogP contribution < -0.4 is 20.3 Å². The van der Waals surface area contributed by atoms with Crippen molar-refractivity contribution in [2.24, 2.45) is 0 Å². The van der Waals surface area contributed by atoms with Crippen molar-refractivity contribution in [3.05, 3.63) is 58.1 Å². The van der Waals surface area contributed by atoms with Crippen LogP contribution in [0.2, 0.25) is 10.0 Å². The zero-order valence-electron chi connectivity index (χ0n) is 16.7. The highest BCUT2D eigenvalue weighted by atomic mass is 35.5. The van der Waals surface area contributed by atoms with Crippen molar-refractivity contribution in [3.8, 4) is 11.5 Å². The summed E-state index contributed by atoms with van der Waals surface area (Å²) in [4.78, 5) is 24.3. The third kappa shape index (κ3) is 6.84. The van der Waals surface area contributed by atoms with Crippen LogP contribution in [0, 0.1) is 0 Å². The molecule has 0 saturated heterocycles. The minimum Gasteiger partial charge on any atom is -0.481 e. The van der Waals surface area contributed by atoms with Gasteiger partial charge in [-0.25, -0.2) is 0 Å². The van der Waals surface area contributed by atoms with Gasteiger partial charge in [0.15, 0.2) is 12.2 Å². The zero-order chi connectivity index (χ0) is 21.6. The third-order valence-electron chi connectivity index (χ3n) is 4.10. The Bertz CT molecular complexity index is 856. The van der Waals surface area contributed by atoms with Crippen LogP contribution in [0.4, 0.5) is 0 Å². The van der Waals surface area contributed by atoms with Crippen LogP contribution >= 0.6 is 23.2 Å². The molecule has 156 valence electrons. The van der Waals surface area contributed by atoms with E-state index in [1.165, 1.54) is 18.6 Å². The highest BCUT2D eigenvalue weighted by molar-refractivity contribution is 6.35. The van der Waals surface area contributed by atoms with Crippen LogP contribution in [0.25, 0.3) is 0 Å². The van der Waals surface area contributed by atoms with E-state index in [9.17, 15) is 9.59 Å². The molecule has 2 N–H and O–H groups in total. The molecule has 0 heterocycles. The summed E-state index contributed by atoms with van der Waals surface area (Å²) < 4.78 is 11.1. The first-order valence-electron chi connectivity index (χ1n) is 9.15. The number of hydrogen-bond donors (Lipinski definition) is 2. The second kappa shape index (κ2) is 10.4. The SMILES string of the molecule is CC(Oc1ccc(C(C)C)cc1)C(=O)NNC(=O)C(C)Oc1ccc(Cl)cc1Cl. The normalized spacial score (nSPS) is 12.8. The van der Waals surface area contributed by atoms with Crippen molar-refractivity contribution in [2.75, 3.05) is 0 Å². The van der Waals surface area contributed by atoms with Gasteiger partial charge in [0.25, 0.3) is 11.8 Å². The van der Waals surface area contributed by atoms with Crippen molar-refractivity contribution in [2.45, 2.75) is 45.8 Å². The van der Waals surface area contributed by atoms with Gasteiger partial charge in [0.1, 0.15) is 11.5 Å². The Labute approximate surface area is 180 Å². The largest absolute Gasteiger partial charge is 0.481 e. The van der Waals surface area contributed by atoms with Crippen molar-refractivity contribution >= 4 is 35.0 Å². The molecule has 2 atom stereocenters. The molecule has 2 rings (SSSR count). The molecule has 8 heteroatoms. The summed E-state index contributed by atoms with van der Waals surface area (Å²) in [6.45, 7) is 7.31. The van der Waals surface area contributed by atoms with Crippen molar-refractivity contribution in [1.29, 1.82) is 0 Å². The van der Waals surface area contributed by atoms with Crippen LogP contribution in [0.1, 0.15) is 39.2 Å². The number of halogens is 2. The number of benzene rings is 2. The number of nitrogens with one attached hydrogen (secondary N) is 2. The Morgan fingerprint density at radius 2 is 1.38 bits per heavy atom. The van der Waals surface area contributed by atoms with Gasteiger partial charge in [-0.05, 0) is 55.7 Å². The van der Waals surface area contributed by atoms with Gasteiger partial charge < -0.3 is 9.47 Å². The van der Waals surface area contributed by atoms with E-state index in [1.807, 2.05) is 24.3 Å². The van der Waals surface area contributed by atoms with Crippen molar-refractivity contribution in [3.63, 3.8) is 0 Å². The van der Waals surface area contributed by atoms with Gasteiger partial charge in [-0.3, -0.25) is 20.4 Å². The molecule has 0 fully saturated rings. The first-order chi connectivity index (χ1) is 13.7. The van der Waals surface area contributed by atoms with E-state index in [1.54, 1.807) is 19.1 Å². The average molecular weight is 439 g/mol. The van der Waals surface area contributed by atoms with Gasteiger partial charge in [-0.2, -0.15) is 0 Å². The monoisotopic (exact) mass is 438 g/mol. The van der Waals surface area contributed by atoms with Crippen LogP contribution in [-0.2, 0) is 9.59 Å². The van der Waals surface area contributed by atoms with Crippen molar-refractivity contribution < 1.29 is 19.1 Å². The molecule has 0 spiro atoms. The molecule has 2 amide bonds. The first-order valence-corrected chi connectivity index (χ1v) is 9.91. The molecule has 2 aromatic carbocycles. The summed E-state index contributed by atoms with van der Waals surface area (Å²) in [5.74, 6) is 0.247. The maximum atomic E-state index is 12.2. The molecule has 0 bridgehead atoms. The summed E-state index contributed by atoms with van der Waals surface area (Å²) in [6, 6.07) is 12.2. The fourth-order valence-electron chi connectivity index (χ4n) is 2.33. The summed E-state index contributed by atoms with van der Waals surface area (Å²) in [6.07, 6.45) is -1.70. The first kappa shape index (κ1) is 22.8. The molecular weight excluding hydrogens is 415 g/mol. The van der Waals surface area contributed by atoms with Crippen LogP contribution in [0.3, 0.4) is 0 Å². The Hall–Kier alpha value is -2.44. The molecule has 0 aliphatic rings. The number of carbonyl (C=O) groups is 2. The van der Waals surface area contributed by atoms with E-state index in [-0.39, 0.29) is 5.02 Å². The smallest absolute Gasteiger partial charge is 0.279 e. The minimum absolute atomic E-state index is 0.284. The molecule has 2 unspecified atom stereocenters. The second-order valence-electron chi connectivity index (χ2n) is 6.80. The molecule has 0 aliphatic carbocycles. The summed E-state index contributed by atoms with van der Waals surface area (Å²) in [5.41, 5.74) is 5.81. The Kier molecular flexibility index (Phi) is 8.17. The van der Waals surface area contributed by atoms with Crippen LogP contribution in [0.15, 0.2) is 42.5 Å². The molecule has 6 nitrogen and oxygen atoms in total. The van der Waals surface area contributed by atoms with Crippen LogP contribution in [-0.4, -0.2) is 24.0 Å². The van der Waals surface area contributed by atoms with Gasteiger partial charge in [0.05, 0.1) is 5.02 Å². The van der Waals surface area contributed by atoms with E-state index >= 15 is 0 Å². The lowest BCUT2D eigenvalue weighted by Gasteiger charge is -2.18. The number of hydrogen-bond acceptors (Lipinski definition) is 4. The zero-order valence-corrected chi connectivity index (χ0v) is 18.2. The second-order valence-corrected chi connectivity index (χ2v) is 7.64. The van der Waals surface area contributed by atoms with Gasteiger partial charge in [0.2, 0.25) is 0 Å². The lowest BCUT2D eigenvalue weighted by molar-refractivity contribution is -0.135. The molecule has 0 aliphatic heterocycles. The van der Waals surface area contributed by atoms with Crippen LogP contribution in [0.5, 0.6) is 11.5 Å². The topological polar surface area (TPSA) is 76.7 Å². The van der Waals surface area contributed by atoms with Gasteiger partial charge in [0, 0.05) is 5.02 Å².